The van der Waals surface area contributed by atoms with Gasteiger partial charge in [0.05, 0.1) is 10.6 Å². The molecule has 148 valence electrons. The van der Waals surface area contributed by atoms with Gasteiger partial charge in [0.1, 0.15) is 0 Å². The molecule has 6 heteroatoms. The van der Waals surface area contributed by atoms with Gasteiger partial charge in [-0.2, -0.15) is 0 Å². The molecular formula is C23H21NO4S. The number of nitrogens with one attached hydrogen (secondary N) is 1. The van der Waals surface area contributed by atoms with E-state index in [1.807, 2.05) is 32.0 Å². The Morgan fingerprint density at radius 2 is 1.69 bits per heavy atom. The van der Waals surface area contributed by atoms with Crippen molar-refractivity contribution >= 4 is 15.7 Å². The quantitative estimate of drug-likeness (QED) is 0.520. The van der Waals surface area contributed by atoms with E-state index < -0.39 is 15.8 Å². The van der Waals surface area contributed by atoms with E-state index in [-0.39, 0.29) is 4.90 Å². The van der Waals surface area contributed by atoms with Gasteiger partial charge in [-0.15, -0.1) is 0 Å². The van der Waals surface area contributed by atoms with Gasteiger partial charge in [-0.25, -0.2) is 8.42 Å². The fourth-order valence-electron chi connectivity index (χ4n) is 3.87. The summed E-state index contributed by atoms with van der Waals surface area (Å²) in [6, 6.07) is 18.6. The minimum absolute atomic E-state index is 0.250. The zero-order valence-corrected chi connectivity index (χ0v) is 17.0. The second-order valence-electron chi connectivity index (χ2n) is 7.61. The summed E-state index contributed by atoms with van der Waals surface area (Å²) in [7, 11) is -3.72. The number of hydrogen-bond acceptors (Lipinski definition) is 4. The molecule has 3 aromatic rings. The first-order valence-electron chi connectivity index (χ1n) is 9.63. The monoisotopic (exact) mass is 407 g/mol. The van der Waals surface area contributed by atoms with Gasteiger partial charge < -0.3 is 9.47 Å². The van der Waals surface area contributed by atoms with E-state index in [9.17, 15) is 8.42 Å². The summed E-state index contributed by atoms with van der Waals surface area (Å²) < 4.78 is 40.2. The Kier molecular flexibility index (Phi) is 3.90. The molecule has 0 radical (unpaired) electrons. The Hall–Kier alpha value is -2.99. The molecule has 1 aliphatic heterocycles. The molecule has 5 nitrogen and oxygen atoms in total. The third-order valence-corrected chi connectivity index (χ3v) is 6.94. The van der Waals surface area contributed by atoms with E-state index in [1.165, 1.54) is 11.1 Å². The number of sulfonamides is 1. The van der Waals surface area contributed by atoms with Crippen LogP contribution in [0.4, 0.5) is 5.69 Å². The van der Waals surface area contributed by atoms with Gasteiger partial charge in [0.15, 0.2) is 11.5 Å². The molecule has 0 fully saturated rings. The van der Waals surface area contributed by atoms with Crippen molar-refractivity contribution in [2.75, 3.05) is 4.72 Å². The minimum atomic E-state index is -3.72. The molecule has 1 aliphatic carbocycles. The Morgan fingerprint density at radius 1 is 0.931 bits per heavy atom. The topological polar surface area (TPSA) is 64.6 Å². The molecule has 1 heterocycles. The van der Waals surface area contributed by atoms with Crippen molar-refractivity contribution < 1.29 is 17.9 Å². The maximum atomic E-state index is 13.0. The van der Waals surface area contributed by atoms with Crippen LogP contribution < -0.4 is 14.2 Å². The molecule has 0 aromatic heterocycles. The van der Waals surface area contributed by atoms with Gasteiger partial charge >= 0.3 is 0 Å². The van der Waals surface area contributed by atoms with Gasteiger partial charge in [0, 0.05) is 19.4 Å². The van der Waals surface area contributed by atoms with Crippen molar-refractivity contribution in [2.24, 2.45) is 0 Å². The Bertz CT molecular complexity index is 1240. The fourth-order valence-corrected chi connectivity index (χ4v) is 4.97. The summed E-state index contributed by atoms with van der Waals surface area (Å²) in [4.78, 5) is 0.250. The van der Waals surface area contributed by atoms with Crippen LogP contribution in [0.3, 0.4) is 0 Å². The van der Waals surface area contributed by atoms with Crippen molar-refractivity contribution in [1.29, 1.82) is 0 Å². The van der Waals surface area contributed by atoms with Crippen LogP contribution in [0.1, 0.15) is 31.4 Å². The van der Waals surface area contributed by atoms with Crippen molar-refractivity contribution in [2.45, 2.75) is 37.4 Å². The average molecular weight is 407 g/mol. The molecule has 0 amide bonds. The lowest BCUT2D eigenvalue weighted by molar-refractivity contribution is -0.0640. The number of hydrogen-bond donors (Lipinski definition) is 1. The minimum Gasteiger partial charge on any atom is -0.449 e. The Morgan fingerprint density at radius 3 is 2.52 bits per heavy atom. The summed E-state index contributed by atoms with van der Waals surface area (Å²) in [6.07, 6.45) is 1.43. The number of ether oxygens (including phenoxy) is 2. The highest BCUT2D eigenvalue weighted by atomic mass is 32.2. The molecule has 0 unspecified atom stereocenters. The van der Waals surface area contributed by atoms with Crippen molar-refractivity contribution in [1.82, 2.24) is 0 Å². The molecule has 1 N–H and O–H groups in total. The van der Waals surface area contributed by atoms with E-state index in [0.717, 1.165) is 17.5 Å². The van der Waals surface area contributed by atoms with Gasteiger partial charge in [-0.1, -0.05) is 37.3 Å². The van der Waals surface area contributed by atoms with E-state index in [0.29, 0.717) is 23.6 Å². The first-order valence-corrected chi connectivity index (χ1v) is 11.1. The number of anilines is 1. The first-order chi connectivity index (χ1) is 13.9. The van der Waals surface area contributed by atoms with Crippen LogP contribution in [0.5, 0.6) is 11.5 Å². The summed E-state index contributed by atoms with van der Waals surface area (Å²) in [6.45, 7) is 3.83. The highest BCUT2D eigenvalue weighted by Gasteiger charge is 2.35. The smallest absolute Gasteiger partial charge is 0.261 e. The van der Waals surface area contributed by atoms with Gasteiger partial charge in [0.25, 0.3) is 10.0 Å². The fraction of sp³-hybridized carbons (Fsp3) is 0.217. The van der Waals surface area contributed by atoms with Gasteiger partial charge in [-0.05, 0) is 52.9 Å². The lowest BCUT2D eigenvalue weighted by Gasteiger charge is -2.20. The van der Waals surface area contributed by atoms with E-state index in [1.54, 1.807) is 30.3 Å². The first kappa shape index (κ1) is 18.1. The third kappa shape index (κ3) is 3.04. The maximum Gasteiger partial charge on any atom is 0.261 e. The molecule has 3 aromatic carbocycles. The summed E-state index contributed by atoms with van der Waals surface area (Å²) in [5, 5.41) is 0. The second-order valence-corrected chi connectivity index (χ2v) is 9.29. The van der Waals surface area contributed by atoms with Gasteiger partial charge in [-0.3, -0.25) is 4.72 Å². The maximum absolute atomic E-state index is 13.0. The molecule has 0 saturated heterocycles. The van der Waals surface area contributed by atoms with E-state index >= 15 is 0 Å². The molecular weight excluding hydrogens is 386 g/mol. The van der Waals surface area contributed by atoms with E-state index in [4.69, 9.17) is 9.47 Å². The zero-order valence-electron chi connectivity index (χ0n) is 16.2. The standard InChI is InChI=1S/C23H21NO4S/c1-3-23(2)27-21-11-8-17(14-22(21)28-23)24-29(25,26)18-9-10-20-16(13-18)12-15-6-4-5-7-19(15)20/h4-11,13-14,24H,3,12H2,1-2H3/t23-/m0/s1. The summed E-state index contributed by atoms with van der Waals surface area (Å²) in [5.74, 6) is 0.445. The van der Waals surface area contributed by atoms with Crippen molar-refractivity contribution in [3.05, 3.63) is 71.8 Å². The SMILES string of the molecule is CC[C@@]1(C)Oc2ccc(NS(=O)(=O)c3ccc4c(c3)Cc3ccccc3-4)cc2O1. The molecule has 2 aliphatic rings. The molecule has 1 atom stereocenters. The molecule has 0 bridgehead atoms. The number of rotatable bonds is 4. The Labute approximate surface area is 170 Å². The molecule has 29 heavy (non-hydrogen) atoms. The lowest BCUT2D eigenvalue weighted by atomic mass is 10.1. The van der Waals surface area contributed by atoms with Crippen molar-refractivity contribution in [3.8, 4) is 22.6 Å². The van der Waals surface area contributed by atoms with Crippen LogP contribution in [0.25, 0.3) is 11.1 Å². The highest BCUT2D eigenvalue weighted by molar-refractivity contribution is 7.92. The highest BCUT2D eigenvalue weighted by Crippen LogP contribution is 2.42. The zero-order chi connectivity index (χ0) is 20.2. The largest absolute Gasteiger partial charge is 0.449 e. The molecule has 5 rings (SSSR count). The van der Waals surface area contributed by atoms with Crippen LogP contribution in [0.2, 0.25) is 0 Å². The number of benzene rings is 3. The normalized spacial score (nSPS) is 19.0. The van der Waals surface area contributed by atoms with Crippen LogP contribution in [0, 0.1) is 0 Å². The van der Waals surface area contributed by atoms with Crippen LogP contribution in [-0.4, -0.2) is 14.2 Å². The summed E-state index contributed by atoms with van der Waals surface area (Å²) >= 11 is 0. The molecule has 0 saturated carbocycles. The van der Waals surface area contributed by atoms with Gasteiger partial charge in [0.2, 0.25) is 5.79 Å². The predicted octanol–water partition coefficient (Wildman–Crippen LogP) is 4.96. The lowest BCUT2D eigenvalue weighted by Crippen LogP contribution is -2.33. The Balaban J connectivity index is 1.42. The predicted molar refractivity (Wildman–Crippen MR) is 112 cm³/mol. The second kappa shape index (κ2) is 6.26. The van der Waals surface area contributed by atoms with Crippen molar-refractivity contribution in [3.63, 3.8) is 0 Å². The molecule has 0 spiro atoms. The van der Waals surface area contributed by atoms with Crippen LogP contribution in [0.15, 0.2) is 65.6 Å². The van der Waals surface area contributed by atoms with E-state index in [2.05, 4.69) is 16.9 Å². The third-order valence-electron chi connectivity index (χ3n) is 5.57. The van der Waals surface area contributed by atoms with Crippen LogP contribution in [-0.2, 0) is 16.4 Å². The summed E-state index contributed by atoms with van der Waals surface area (Å²) in [5.41, 5.74) is 4.96. The average Bonchev–Trinajstić information content (AvgIpc) is 3.24. The van der Waals surface area contributed by atoms with Crippen LogP contribution >= 0.6 is 0 Å². The number of fused-ring (bicyclic) bond motifs is 4.